The van der Waals surface area contributed by atoms with Crippen LogP contribution in [0.3, 0.4) is 0 Å². The highest BCUT2D eigenvalue weighted by atomic mass is 32.1. The van der Waals surface area contributed by atoms with E-state index in [1.54, 1.807) is 29.6 Å². The summed E-state index contributed by atoms with van der Waals surface area (Å²) in [5, 5.41) is 4.52. The fourth-order valence-corrected chi connectivity index (χ4v) is 4.61. The molecule has 1 amide bonds. The molecule has 0 atom stereocenters. The van der Waals surface area contributed by atoms with Gasteiger partial charge in [-0.1, -0.05) is 18.2 Å². The number of nitrogens with one attached hydrogen (secondary N) is 1. The van der Waals surface area contributed by atoms with Gasteiger partial charge in [0.25, 0.3) is 5.56 Å². The molecular formula is C25H25N3O5S. The van der Waals surface area contributed by atoms with Crippen molar-refractivity contribution in [3.63, 3.8) is 0 Å². The highest BCUT2D eigenvalue weighted by Gasteiger charge is 2.17. The fraction of sp³-hybridized carbons (Fsp3) is 0.240. The van der Waals surface area contributed by atoms with Gasteiger partial charge in [-0.25, -0.2) is 4.79 Å². The van der Waals surface area contributed by atoms with E-state index in [4.69, 9.17) is 9.47 Å². The minimum Gasteiger partial charge on any atom is -0.493 e. The summed E-state index contributed by atoms with van der Waals surface area (Å²) in [5.41, 5.74) is 3.12. The number of anilines is 1. The van der Waals surface area contributed by atoms with Gasteiger partial charge in [0.1, 0.15) is 11.2 Å². The third-order valence-corrected chi connectivity index (χ3v) is 6.61. The zero-order valence-corrected chi connectivity index (χ0v) is 20.2. The van der Waals surface area contributed by atoms with Crippen molar-refractivity contribution in [2.45, 2.75) is 26.9 Å². The first-order valence-corrected chi connectivity index (χ1v) is 11.5. The van der Waals surface area contributed by atoms with Crippen LogP contribution in [0.2, 0.25) is 0 Å². The number of ether oxygens (including phenoxy) is 2. The number of hydrogen-bond donors (Lipinski definition) is 1. The molecule has 0 aliphatic carbocycles. The molecule has 34 heavy (non-hydrogen) atoms. The third-order valence-electron chi connectivity index (χ3n) is 5.72. The summed E-state index contributed by atoms with van der Waals surface area (Å²) in [4.78, 5) is 39.3. The highest BCUT2D eigenvalue weighted by Crippen LogP contribution is 2.29. The van der Waals surface area contributed by atoms with Gasteiger partial charge in [0.05, 0.1) is 26.3 Å². The van der Waals surface area contributed by atoms with Crippen molar-refractivity contribution in [2.75, 3.05) is 19.5 Å². The maximum atomic E-state index is 13.3. The molecule has 4 rings (SSSR count). The Morgan fingerprint density at radius 2 is 1.71 bits per heavy atom. The average Bonchev–Trinajstić information content (AvgIpc) is 3.31. The Labute approximate surface area is 200 Å². The highest BCUT2D eigenvalue weighted by molar-refractivity contribution is 7.17. The lowest BCUT2D eigenvalue weighted by Crippen LogP contribution is -2.41. The topological polar surface area (TPSA) is 91.6 Å². The number of nitrogens with zero attached hydrogens (tertiary/aromatic N) is 2. The van der Waals surface area contributed by atoms with E-state index in [1.165, 1.54) is 34.7 Å². The lowest BCUT2D eigenvalue weighted by atomic mass is 10.1. The largest absolute Gasteiger partial charge is 0.493 e. The number of hydrogen-bond acceptors (Lipinski definition) is 6. The van der Waals surface area contributed by atoms with Crippen LogP contribution in [-0.4, -0.2) is 29.3 Å². The molecular weight excluding hydrogens is 454 g/mol. The van der Waals surface area contributed by atoms with Gasteiger partial charge < -0.3 is 14.8 Å². The summed E-state index contributed by atoms with van der Waals surface area (Å²) < 4.78 is 13.5. The Morgan fingerprint density at radius 1 is 0.941 bits per heavy atom. The molecule has 176 valence electrons. The van der Waals surface area contributed by atoms with E-state index < -0.39 is 11.6 Å². The minimum absolute atomic E-state index is 0.129. The molecule has 0 bridgehead atoms. The van der Waals surface area contributed by atoms with Crippen LogP contribution in [0.1, 0.15) is 16.7 Å². The van der Waals surface area contributed by atoms with E-state index in [0.29, 0.717) is 27.4 Å². The maximum absolute atomic E-state index is 13.3. The van der Waals surface area contributed by atoms with Crippen molar-refractivity contribution in [3.8, 4) is 11.5 Å². The zero-order chi connectivity index (χ0) is 24.4. The number of carbonyl (C=O) groups excluding carboxylic acids is 1. The van der Waals surface area contributed by atoms with Gasteiger partial charge in [-0.15, -0.1) is 11.3 Å². The SMILES string of the molecule is COc1ccc(NC(=O)Cn2c(=O)n(Cc3ccc(C)c(C)c3)c(=O)c3sccc32)cc1OC. The van der Waals surface area contributed by atoms with Gasteiger partial charge in [-0.2, -0.15) is 0 Å². The Hall–Kier alpha value is -3.85. The third kappa shape index (κ3) is 4.47. The Bertz CT molecular complexity index is 1500. The molecule has 0 saturated heterocycles. The molecule has 0 fully saturated rings. The summed E-state index contributed by atoms with van der Waals surface area (Å²) in [7, 11) is 3.04. The second kappa shape index (κ2) is 9.56. The molecule has 0 radical (unpaired) electrons. The molecule has 1 N–H and O–H groups in total. The molecule has 9 heteroatoms. The van der Waals surface area contributed by atoms with E-state index >= 15 is 0 Å². The van der Waals surface area contributed by atoms with Gasteiger partial charge in [0.2, 0.25) is 5.91 Å². The van der Waals surface area contributed by atoms with Gasteiger partial charge >= 0.3 is 5.69 Å². The molecule has 8 nitrogen and oxygen atoms in total. The van der Waals surface area contributed by atoms with Crippen LogP contribution >= 0.6 is 11.3 Å². The molecule has 2 aromatic carbocycles. The summed E-state index contributed by atoms with van der Waals surface area (Å²) in [6.07, 6.45) is 0. The van der Waals surface area contributed by atoms with Crippen molar-refractivity contribution in [3.05, 3.63) is 85.4 Å². The molecule has 2 aromatic heterocycles. The minimum atomic E-state index is -0.531. The van der Waals surface area contributed by atoms with Crippen LogP contribution in [0.25, 0.3) is 10.2 Å². The van der Waals surface area contributed by atoms with Gasteiger partial charge in [0, 0.05) is 11.8 Å². The number of aryl methyl sites for hydroxylation is 2. The Kier molecular flexibility index (Phi) is 6.56. The lowest BCUT2D eigenvalue weighted by molar-refractivity contribution is -0.116. The molecule has 0 aliphatic rings. The molecule has 2 heterocycles. The second-order valence-corrected chi connectivity index (χ2v) is 8.85. The van der Waals surface area contributed by atoms with E-state index in [2.05, 4.69) is 5.32 Å². The summed E-state index contributed by atoms with van der Waals surface area (Å²) >= 11 is 1.25. The van der Waals surface area contributed by atoms with Crippen molar-refractivity contribution in [1.29, 1.82) is 0 Å². The van der Waals surface area contributed by atoms with Gasteiger partial charge in [-0.3, -0.25) is 18.7 Å². The van der Waals surface area contributed by atoms with Gasteiger partial charge in [-0.05, 0) is 54.1 Å². The fourth-order valence-electron chi connectivity index (χ4n) is 3.77. The van der Waals surface area contributed by atoms with Crippen molar-refractivity contribution >= 4 is 33.1 Å². The van der Waals surface area contributed by atoms with E-state index in [-0.39, 0.29) is 18.6 Å². The van der Waals surface area contributed by atoms with Crippen molar-refractivity contribution in [1.82, 2.24) is 9.13 Å². The summed E-state index contributed by atoms with van der Waals surface area (Å²) in [6, 6.07) is 12.5. The van der Waals surface area contributed by atoms with Gasteiger partial charge in [0.15, 0.2) is 11.5 Å². The van der Waals surface area contributed by atoms with Crippen LogP contribution in [0.15, 0.2) is 57.4 Å². The quantitative estimate of drug-likeness (QED) is 0.438. The number of thiophene rings is 1. The first kappa shape index (κ1) is 23.3. The molecule has 0 aliphatic heterocycles. The van der Waals surface area contributed by atoms with Crippen LogP contribution in [-0.2, 0) is 17.9 Å². The normalized spacial score (nSPS) is 10.9. The van der Waals surface area contributed by atoms with Crippen molar-refractivity contribution < 1.29 is 14.3 Å². The maximum Gasteiger partial charge on any atom is 0.332 e. The standard InChI is InChI=1S/C25H25N3O5S/c1-15-5-6-17(11-16(15)2)13-28-24(30)23-19(9-10-34-23)27(25(28)31)14-22(29)26-18-7-8-20(32-3)21(12-18)33-4/h5-12H,13-14H2,1-4H3,(H,26,29). The number of methoxy groups -OCH3 is 2. The molecule has 4 aromatic rings. The smallest absolute Gasteiger partial charge is 0.332 e. The Balaban J connectivity index is 1.68. The molecule has 0 spiro atoms. The summed E-state index contributed by atoms with van der Waals surface area (Å²) in [5.74, 6) is 0.605. The van der Waals surface area contributed by atoms with Crippen molar-refractivity contribution in [2.24, 2.45) is 0 Å². The molecule has 0 saturated carbocycles. The average molecular weight is 480 g/mol. The van der Waals surface area contributed by atoms with Crippen LogP contribution in [0.4, 0.5) is 5.69 Å². The van der Waals surface area contributed by atoms with Crippen LogP contribution < -0.4 is 26.0 Å². The number of benzene rings is 2. The van der Waals surface area contributed by atoms with E-state index in [0.717, 1.165) is 16.7 Å². The number of aromatic nitrogens is 2. The van der Waals surface area contributed by atoms with Crippen LogP contribution in [0, 0.1) is 13.8 Å². The number of rotatable bonds is 7. The number of fused-ring (bicyclic) bond motifs is 1. The Morgan fingerprint density at radius 3 is 2.41 bits per heavy atom. The predicted molar refractivity (Wildman–Crippen MR) is 134 cm³/mol. The number of carbonyl (C=O) groups is 1. The summed E-state index contributed by atoms with van der Waals surface area (Å²) in [6.45, 7) is 3.88. The first-order chi connectivity index (χ1) is 16.3. The zero-order valence-electron chi connectivity index (χ0n) is 19.4. The van der Waals surface area contributed by atoms with E-state index in [1.807, 2.05) is 32.0 Å². The van der Waals surface area contributed by atoms with E-state index in [9.17, 15) is 14.4 Å². The second-order valence-electron chi connectivity index (χ2n) is 7.93. The lowest BCUT2D eigenvalue weighted by Gasteiger charge is -2.14. The predicted octanol–water partition coefficient (Wildman–Crippen LogP) is 3.55. The number of amides is 1. The first-order valence-electron chi connectivity index (χ1n) is 10.6. The van der Waals surface area contributed by atoms with Crippen LogP contribution in [0.5, 0.6) is 11.5 Å². The monoisotopic (exact) mass is 479 g/mol. The molecule has 0 unspecified atom stereocenters.